The molecule has 0 aliphatic carbocycles. The van der Waals surface area contributed by atoms with E-state index in [2.05, 4.69) is 4.98 Å². The van der Waals surface area contributed by atoms with Crippen LogP contribution in [0.15, 0.2) is 18.2 Å². The number of carbonyl (C=O) groups is 1. The molecule has 2 aromatic rings. The lowest BCUT2D eigenvalue weighted by Gasteiger charge is -2.10. The highest BCUT2D eigenvalue weighted by atomic mass is 35.5. The molecule has 84 valence electrons. The molecule has 0 atom stereocenters. The van der Waals surface area contributed by atoms with Crippen LogP contribution in [0, 0.1) is 0 Å². The average Bonchev–Trinajstić information content (AvgIpc) is 2.55. The number of imidazole rings is 1. The van der Waals surface area contributed by atoms with Crippen molar-refractivity contribution in [2.75, 3.05) is 0 Å². The Labute approximate surface area is 99.0 Å². The fourth-order valence-electron chi connectivity index (χ4n) is 1.84. The zero-order valence-corrected chi connectivity index (χ0v) is 10.2. The smallest absolute Gasteiger partial charge is 0.195 e. The van der Waals surface area contributed by atoms with E-state index in [4.69, 9.17) is 11.6 Å². The molecule has 0 radical (unpaired) electrons. The van der Waals surface area contributed by atoms with Crippen LogP contribution in [0.2, 0.25) is 5.02 Å². The van der Waals surface area contributed by atoms with E-state index in [0.29, 0.717) is 10.8 Å². The van der Waals surface area contributed by atoms with Gasteiger partial charge in [0, 0.05) is 18.0 Å². The minimum Gasteiger partial charge on any atom is -0.319 e. The van der Waals surface area contributed by atoms with E-state index in [1.807, 2.05) is 30.5 Å². The molecule has 0 aliphatic heterocycles. The van der Waals surface area contributed by atoms with Gasteiger partial charge in [-0.15, -0.1) is 0 Å². The minimum absolute atomic E-state index is 0.0268. The van der Waals surface area contributed by atoms with E-state index in [0.717, 1.165) is 11.0 Å². The first-order chi connectivity index (χ1) is 7.50. The first-order valence-electron chi connectivity index (χ1n) is 5.19. The largest absolute Gasteiger partial charge is 0.319 e. The molecule has 0 saturated heterocycles. The Bertz CT molecular complexity index is 557. The third kappa shape index (κ3) is 1.71. The molecule has 1 aromatic heterocycles. The summed E-state index contributed by atoms with van der Waals surface area (Å²) in [6.07, 6.45) is 0. The predicted octanol–water partition coefficient (Wildman–Crippen LogP) is 3.47. The van der Waals surface area contributed by atoms with Gasteiger partial charge in [0.25, 0.3) is 0 Å². The van der Waals surface area contributed by atoms with Crippen molar-refractivity contribution in [2.45, 2.75) is 26.8 Å². The average molecular weight is 237 g/mol. The summed E-state index contributed by atoms with van der Waals surface area (Å²) < 4.78 is 1.94. The number of hydrogen-bond acceptors (Lipinski definition) is 2. The summed E-state index contributed by atoms with van der Waals surface area (Å²) in [5, 5.41) is 0.635. The Morgan fingerprint density at radius 1 is 1.44 bits per heavy atom. The maximum absolute atomic E-state index is 11.5. The first kappa shape index (κ1) is 11.1. The first-order valence-corrected chi connectivity index (χ1v) is 5.57. The van der Waals surface area contributed by atoms with Crippen LogP contribution in [0.4, 0.5) is 0 Å². The maximum Gasteiger partial charge on any atom is 0.195 e. The van der Waals surface area contributed by atoms with Gasteiger partial charge in [0.05, 0.1) is 11.0 Å². The summed E-state index contributed by atoms with van der Waals surface area (Å²) in [5.41, 5.74) is 1.72. The van der Waals surface area contributed by atoms with Gasteiger partial charge in [0.1, 0.15) is 0 Å². The van der Waals surface area contributed by atoms with Gasteiger partial charge in [-0.1, -0.05) is 11.6 Å². The number of halogens is 1. The molecule has 3 nitrogen and oxygen atoms in total. The van der Waals surface area contributed by atoms with Crippen LogP contribution in [0.1, 0.15) is 37.4 Å². The molecule has 1 aromatic carbocycles. The van der Waals surface area contributed by atoms with Crippen LogP contribution in [0.3, 0.4) is 0 Å². The third-order valence-corrected chi connectivity index (χ3v) is 2.72. The van der Waals surface area contributed by atoms with Crippen LogP contribution < -0.4 is 0 Å². The Morgan fingerprint density at radius 3 is 2.69 bits per heavy atom. The number of carbonyl (C=O) groups excluding carboxylic acids is 1. The molecule has 0 unspecified atom stereocenters. The van der Waals surface area contributed by atoms with Gasteiger partial charge in [-0.2, -0.15) is 0 Å². The Hall–Kier alpha value is -1.35. The summed E-state index contributed by atoms with van der Waals surface area (Å²) in [4.78, 5) is 15.8. The molecule has 2 rings (SSSR count). The minimum atomic E-state index is -0.0268. The number of nitrogens with zero attached hydrogens (tertiary/aromatic N) is 2. The van der Waals surface area contributed by atoms with Crippen LogP contribution in [-0.2, 0) is 0 Å². The van der Waals surface area contributed by atoms with E-state index < -0.39 is 0 Å². The van der Waals surface area contributed by atoms with E-state index in [1.165, 1.54) is 6.92 Å². The number of fused-ring (bicyclic) bond motifs is 1. The van der Waals surface area contributed by atoms with Gasteiger partial charge in [-0.05, 0) is 32.0 Å². The number of hydrogen-bond donors (Lipinski definition) is 0. The molecule has 0 amide bonds. The third-order valence-electron chi connectivity index (χ3n) is 2.48. The molecule has 0 N–H and O–H groups in total. The molecule has 0 aliphatic rings. The number of ketones is 1. The fraction of sp³-hybridized carbons (Fsp3) is 0.333. The fourth-order valence-corrected chi connectivity index (χ4v) is 2.01. The molecule has 0 bridgehead atoms. The van der Waals surface area contributed by atoms with Gasteiger partial charge in [-0.3, -0.25) is 4.79 Å². The zero-order valence-electron chi connectivity index (χ0n) is 9.49. The van der Waals surface area contributed by atoms with Crippen LogP contribution in [-0.4, -0.2) is 15.3 Å². The van der Waals surface area contributed by atoms with Gasteiger partial charge < -0.3 is 4.57 Å². The lowest BCUT2D eigenvalue weighted by atomic mass is 10.3. The Morgan fingerprint density at radius 2 is 2.12 bits per heavy atom. The summed E-state index contributed by atoms with van der Waals surface area (Å²) in [6, 6.07) is 5.69. The number of benzene rings is 1. The standard InChI is InChI=1S/C12H13ClN2O/c1-7(2)15-11-5-4-9(13)6-10(11)14-12(15)8(3)16/h4-7H,1-3H3. The van der Waals surface area contributed by atoms with Crippen molar-refractivity contribution in [2.24, 2.45) is 0 Å². The molecular formula is C12H13ClN2O. The lowest BCUT2D eigenvalue weighted by Crippen LogP contribution is -2.09. The lowest BCUT2D eigenvalue weighted by molar-refractivity contribution is 0.0998. The van der Waals surface area contributed by atoms with Crippen molar-refractivity contribution in [3.8, 4) is 0 Å². The summed E-state index contributed by atoms with van der Waals surface area (Å²) in [5.74, 6) is 0.466. The topological polar surface area (TPSA) is 34.9 Å². The molecule has 4 heteroatoms. The molecule has 1 heterocycles. The van der Waals surface area contributed by atoms with Crippen molar-refractivity contribution >= 4 is 28.4 Å². The SMILES string of the molecule is CC(=O)c1nc2cc(Cl)ccc2n1C(C)C. The molecule has 0 saturated carbocycles. The van der Waals surface area contributed by atoms with E-state index >= 15 is 0 Å². The Kier molecular flexibility index (Phi) is 2.72. The van der Waals surface area contributed by atoms with E-state index in [9.17, 15) is 4.79 Å². The van der Waals surface area contributed by atoms with Gasteiger partial charge in [0.2, 0.25) is 0 Å². The van der Waals surface area contributed by atoms with Crippen molar-refractivity contribution in [3.63, 3.8) is 0 Å². The van der Waals surface area contributed by atoms with Gasteiger partial charge >= 0.3 is 0 Å². The molecule has 16 heavy (non-hydrogen) atoms. The van der Waals surface area contributed by atoms with Crippen LogP contribution in [0.5, 0.6) is 0 Å². The van der Waals surface area contributed by atoms with E-state index in [-0.39, 0.29) is 11.8 Å². The summed E-state index contributed by atoms with van der Waals surface area (Å²) in [7, 11) is 0. The summed E-state index contributed by atoms with van der Waals surface area (Å²) in [6.45, 7) is 5.59. The zero-order chi connectivity index (χ0) is 11.9. The number of Topliss-reactive ketones (excluding diaryl/α,β-unsaturated/α-hetero) is 1. The number of aromatic nitrogens is 2. The second-order valence-corrected chi connectivity index (χ2v) is 4.52. The van der Waals surface area contributed by atoms with Gasteiger partial charge in [0.15, 0.2) is 11.6 Å². The predicted molar refractivity (Wildman–Crippen MR) is 65.1 cm³/mol. The van der Waals surface area contributed by atoms with Crippen molar-refractivity contribution < 1.29 is 4.79 Å². The molecular weight excluding hydrogens is 224 g/mol. The van der Waals surface area contributed by atoms with Crippen LogP contribution >= 0.6 is 11.6 Å². The molecule has 0 fully saturated rings. The van der Waals surface area contributed by atoms with E-state index in [1.54, 1.807) is 6.07 Å². The number of rotatable bonds is 2. The van der Waals surface area contributed by atoms with Crippen LogP contribution in [0.25, 0.3) is 11.0 Å². The second kappa shape index (κ2) is 3.91. The van der Waals surface area contributed by atoms with Crippen molar-refractivity contribution in [1.29, 1.82) is 0 Å². The Balaban J connectivity index is 2.81. The molecule has 0 spiro atoms. The second-order valence-electron chi connectivity index (χ2n) is 4.09. The van der Waals surface area contributed by atoms with Crippen molar-refractivity contribution in [1.82, 2.24) is 9.55 Å². The van der Waals surface area contributed by atoms with Gasteiger partial charge in [-0.25, -0.2) is 4.98 Å². The van der Waals surface area contributed by atoms with Crippen molar-refractivity contribution in [3.05, 3.63) is 29.0 Å². The maximum atomic E-state index is 11.5. The normalized spacial score (nSPS) is 11.3. The highest BCUT2D eigenvalue weighted by Crippen LogP contribution is 2.24. The highest BCUT2D eigenvalue weighted by Gasteiger charge is 2.16. The quantitative estimate of drug-likeness (QED) is 0.749. The monoisotopic (exact) mass is 236 g/mol. The summed E-state index contributed by atoms with van der Waals surface area (Å²) >= 11 is 5.91. The highest BCUT2D eigenvalue weighted by molar-refractivity contribution is 6.31.